The van der Waals surface area contributed by atoms with E-state index < -0.39 is 0 Å². The van der Waals surface area contributed by atoms with E-state index >= 15 is 0 Å². The average molecular weight is 235 g/mol. The molecule has 0 heterocycles. The zero-order valence-electron chi connectivity index (χ0n) is 11.0. The third-order valence-corrected chi connectivity index (χ3v) is 3.26. The van der Waals surface area contributed by atoms with Gasteiger partial charge in [0.05, 0.1) is 13.5 Å². The molecule has 0 saturated heterocycles. The van der Waals surface area contributed by atoms with Crippen LogP contribution in [0.1, 0.15) is 30.0 Å². The van der Waals surface area contributed by atoms with Crippen molar-refractivity contribution in [2.75, 3.05) is 13.7 Å². The molecule has 0 aliphatic rings. The van der Waals surface area contributed by atoms with Gasteiger partial charge in [0.15, 0.2) is 0 Å². The number of benzene rings is 1. The van der Waals surface area contributed by atoms with Crippen molar-refractivity contribution in [3.8, 4) is 0 Å². The highest BCUT2D eigenvalue weighted by atomic mass is 16.5. The van der Waals surface area contributed by atoms with Crippen LogP contribution in [0, 0.1) is 13.8 Å². The SMILES string of the molecule is COC(=O)CC(C)(CN)c1cc(C)ccc1C. The first-order valence-electron chi connectivity index (χ1n) is 5.77. The van der Waals surface area contributed by atoms with Crippen molar-refractivity contribution in [1.82, 2.24) is 0 Å². The van der Waals surface area contributed by atoms with E-state index in [0.29, 0.717) is 13.0 Å². The van der Waals surface area contributed by atoms with Crippen LogP contribution < -0.4 is 5.73 Å². The minimum Gasteiger partial charge on any atom is -0.469 e. The van der Waals surface area contributed by atoms with Gasteiger partial charge in [-0.25, -0.2) is 0 Å². The lowest BCUT2D eigenvalue weighted by atomic mass is 9.77. The van der Waals surface area contributed by atoms with E-state index in [1.807, 2.05) is 20.8 Å². The predicted octanol–water partition coefficient (Wildman–Crippen LogP) is 2.08. The Morgan fingerprint density at radius 1 is 1.41 bits per heavy atom. The first-order chi connectivity index (χ1) is 7.92. The second kappa shape index (κ2) is 5.32. The standard InChI is InChI=1S/C14H21NO2/c1-10-5-6-11(2)12(7-10)14(3,9-15)8-13(16)17-4/h5-7H,8-9,15H2,1-4H3. The number of hydrogen-bond donors (Lipinski definition) is 1. The number of carbonyl (C=O) groups is 1. The van der Waals surface area contributed by atoms with Crippen LogP contribution >= 0.6 is 0 Å². The number of ether oxygens (including phenoxy) is 1. The minimum absolute atomic E-state index is 0.223. The molecule has 2 N–H and O–H groups in total. The first-order valence-corrected chi connectivity index (χ1v) is 5.77. The van der Waals surface area contributed by atoms with Crippen LogP contribution in [0.5, 0.6) is 0 Å². The van der Waals surface area contributed by atoms with Gasteiger partial charge in [0, 0.05) is 12.0 Å². The fourth-order valence-corrected chi connectivity index (χ4v) is 2.05. The topological polar surface area (TPSA) is 52.3 Å². The molecule has 1 aromatic rings. The molecule has 3 heteroatoms. The Kier molecular flexibility index (Phi) is 4.29. The molecule has 94 valence electrons. The molecule has 0 saturated carbocycles. The van der Waals surface area contributed by atoms with Crippen molar-refractivity contribution in [2.24, 2.45) is 5.73 Å². The van der Waals surface area contributed by atoms with Crippen LogP contribution in [-0.2, 0) is 14.9 Å². The average Bonchev–Trinajstić information content (AvgIpc) is 2.31. The summed E-state index contributed by atoms with van der Waals surface area (Å²) in [5.41, 5.74) is 8.96. The Morgan fingerprint density at radius 2 is 2.06 bits per heavy atom. The summed E-state index contributed by atoms with van der Waals surface area (Å²) in [6.07, 6.45) is 0.310. The maximum absolute atomic E-state index is 11.5. The maximum atomic E-state index is 11.5. The van der Waals surface area contributed by atoms with E-state index in [0.717, 1.165) is 11.1 Å². The number of methoxy groups -OCH3 is 1. The monoisotopic (exact) mass is 235 g/mol. The number of rotatable bonds is 4. The van der Waals surface area contributed by atoms with E-state index in [2.05, 4.69) is 18.2 Å². The van der Waals surface area contributed by atoms with Gasteiger partial charge in [-0.3, -0.25) is 4.79 Å². The van der Waals surface area contributed by atoms with Crippen LogP contribution in [0.3, 0.4) is 0 Å². The van der Waals surface area contributed by atoms with Gasteiger partial charge >= 0.3 is 5.97 Å². The van der Waals surface area contributed by atoms with Gasteiger partial charge in [0.2, 0.25) is 0 Å². The minimum atomic E-state index is -0.358. The Balaban J connectivity index is 3.15. The first kappa shape index (κ1) is 13.7. The van der Waals surface area contributed by atoms with E-state index in [9.17, 15) is 4.79 Å². The molecule has 0 aliphatic heterocycles. The summed E-state index contributed by atoms with van der Waals surface area (Å²) in [5.74, 6) is -0.223. The predicted molar refractivity (Wildman–Crippen MR) is 69.0 cm³/mol. The van der Waals surface area contributed by atoms with Gasteiger partial charge in [-0.1, -0.05) is 30.7 Å². The molecule has 0 aliphatic carbocycles. The van der Waals surface area contributed by atoms with Crippen LogP contribution in [-0.4, -0.2) is 19.6 Å². The molecular formula is C14H21NO2. The van der Waals surface area contributed by atoms with Crippen molar-refractivity contribution in [1.29, 1.82) is 0 Å². The Morgan fingerprint density at radius 3 is 2.59 bits per heavy atom. The number of aryl methyl sites for hydroxylation is 2. The van der Waals surface area contributed by atoms with Crippen LogP contribution in [0.2, 0.25) is 0 Å². The van der Waals surface area contributed by atoms with Gasteiger partial charge in [-0.15, -0.1) is 0 Å². The van der Waals surface area contributed by atoms with Gasteiger partial charge in [0.1, 0.15) is 0 Å². The molecule has 0 bridgehead atoms. The zero-order chi connectivity index (χ0) is 13.1. The number of hydrogen-bond acceptors (Lipinski definition) is 3. The molecule has 0 amide bonds. The van der Waals surface area contributed by atoms with Crippen molar-refractivity contribution < 1.29 is 9.53 Å². The lowest BCUT2D eigenvalue weighted by Gasteiger charge is -2.29. The van der Waals surface area contributed by atoms with Gasteiger partial charge in [0.25, 0.3) is 0 Å². The van der Waals surface area contributed by atoms with Crippen molar-refractivity contribution in [3.63, 3.8) is 0 Å². The summed E-state index contributed by atoms with van der Waals surface area (Å²) in [7, 11) is 1.41. The molecule has 0 fully saturated rings. The fraction of sp³-hybridized carbons (Fsp3) is 0.500. The molecule has 1 aromatic carbocycles. The number of carbonyl (C=O) groups excluding carboxylic acids is 1. The molecule has 0 radical (unpaired) electrons. The summed E-state index contributed by atoms with van der Waals surface area (Å²) in [6.45, 7) is 6.51. The summed E-state index contributed by atoms with van der Waals surface area (Å²) >= 11 is 0. The van der Waals surface area contributed by atoms with Gasteiger partial charge in [-0.05, 0) is 25.0 Å². The summed E-state index contributed by atoms with van der Waals surface area (Å²) in [4.78, 5) is 11.5. The summed E-state index contributed by atoms with van der Waals surface area (Å²) < 4.78 is 4.74. The highest BCUT2D eigenvalue weighted by Gasteiger charge is 2.30. The van der Waals surface area contributed by atoms with E-state index in [-0.39, 0.29) is 11.4 Å². The van der Waals surface area contributed by atoms with Crippen LogP contribution in [0.15, 0.2) is 18.2 Å². The molecular weight excluding hydrogens is 214 g/mol. The lowest BCUT2D eigenvalue weighted by Crippen LogP contribution is -2.35. The summed E-state index contributed by atoms with van der Waals surface area (Å²) in [5, 5.41) is 0. The molecule has 17 heavy (non-hydrogen) atoms. The fourth-order valence-electron chi connectivity index (χ4n) is 2.05. The van der Waals surface area contributed by atoms with Crippen molar-refractivity contribution in [3.05, 3.63) is 34.9 Å². The van der Waals surface area contributed by atoms with E-state index in [1.165, 1.54) is 12.7 Å². The molecule has 0 aromatic heterocycles. The second-order valence-electron chi connectivity index (χ2n) is 4.84. The third kappa shape index (κ3) is 3.07. The van der Waals surface area contributed by atoms with Gasteiger partial charge < -0.3 is 10.5 Å². The highest BCUT2D eigenvalue weighted by Crippen LogP contribution is 2.30. The normalized spacial score (nSPS) is 14.2. The maximum Gasteiger partial charge on any atom is 0.306 e. The Hall–Kier alpha value is -1.35. The van der Waals surface area contributed by atoms with Crippen LogP contribution in [0.25, 0.3) is 0 Å². The quantitative estimate of drug-likeness (QED) is 0.813. The number of esters is 1. The molecule has 1 atom stereocenters. The van der Waals surface area contributed by atoms with Crippen molar-refractivity contribution in [2.45, 2.75) is 32.6 Å². The Labute approximate surface area is 103 Å². The Bertz CT molecular complexity index is 415. The smallest absolute Gasteiger partial charge is 0.306 e. The molecule has 0 spiro atoms. The number of nitrogens with two attached hydrogens (primary N) is 1. The van der Waals surface area contributed by atoms with E-state index in [1.54, 1.807) is 0 Å². The highest BCUT2D eigenvalue weighted by molar-refractivity contribution is 5.71. The van der Waals surface area contributed by atoms with Crippen molar-refractivity contribution >= 4 is 5.97 Å². The van der Waals surface area contributed by atoms with E-state index in [4.69, 9.17) is 10.5 Å². The lowest BCUT2D eigenvalue weighted by molar-refractivity contribution is -0.141. The third-order valence-electron chi connectivity index (χ3n) is 3.26. The van der Waals surface area contributed by atoms with Crippen LogP contribution in [0.4, 0.5) is 0 Å². The van der Waals surface area contributed by atoms with Gasteiger partial charge in [-0.2, -0.15) is 0 Å². The second-order valence-corrected chi connectivity index (χ2v) is 4.84. The summed E-state index contributed by atoms with van der Waals surface area (Å²) in [6, 6.07) is 6.23. The largest absolute Gasteiger partial charge is 0.469 e. The molecule has 3 nitrogen and oxygen atoms in total. The zero-order valence-corrected chi connectivity index (χ0v) is 11.0. The molecule has 1 rings (SSSR count). The molecule has 1 unspecified atom stereocenters.